The third-order valence-electron chi connectivity index (χ3n) is 5.29. The first-order valence-corrected chi connectivity index (χ1v) is 9.09. The van der Waals surface area contributed by atoms with Crippen LogP contribution in [0.25, 0.3) is 10.9 Å². The second kappa shape index (κ2) is 6.14. The maximum Gasteiger partial charge on any atom is 0.140 e. The van der Waals surface area contributed by atoms with Crippen molar-refractivity contribution in [2.45, 2.75) is 52.5 Å². The standard InChI is InChI=1S/C20H25N5/c1-12(2)15-7-8-17-16(10-15)20(22-11-21-17)25-9-5-6-18(25)19-23-13(3)14(4)24-19/h7-8,10-12,18H,5-6,9H2,1-4H3,(H,23,24). The van der Waals surface area contributed by atoms with Crippen molar-refractivity contribution in [1.82, 2.24) is 19.9 Å². The number of rotatable bonds is 3. The Hall–Kier alpha value is -2.43. The highest BCUT2D eigenvalue weighted by Gasteiger charge is 2.30. The van der Waals surface area contributed by atoms with Gasteiger partial charge in [-0.15, -0.1) is 0 Å². The van der Waals surface area contributed by atoms with Crippen molar-refractivity contribution in [3.63, 3.8) is 0 Å². The predicted molar refractivity (Wildman–Crippen MR) is 101 cm³/mol. The molecule has 3 aromatic rings. The molecule has 1 atom stereocenters. The smallest absolute Gasteiger partial charge is 0.140 e. The summed E-state index contributed by atoms with van der Waals surface area (Å²) in [5, 5.41) is 1.14. The Balaban J connectivity index is 1.81. The first-order chi connectivity index (χ1) is 12.0. The van der Waals surface area contributed by atoms with Crippen LogP contribution < -0.4 is 4.90 Å². The minimum atomic E-state index is 0.258. The van der Waals surface area contributed by atoms with E-state index in [0.29, 0.717) is 5.92 Å². The summed E-state index contributed by atoms with van der Waals surface area (Å²) in [5.74, 6) is 2.57. The molecule has 2 aromatic heterocycles. The van der Waals surface area contributed by atoms with E-state index in [1.807, 2.05) is 0 Å². The highest BCUT2D eigenvalue weighted by atomic mass is 15.3. The molecule has 0 saturated carbocycles. The Morgan fingerprint density at radius 1 is 1.20 bits per heavy atom. The zero-order chi connectivity index (χ0) is 17.6. The van der Waals surface area contributed by atoms with Gasteiger partial charge >= 0.3 is 0 Å². The minimum Gasteiger partial charge on any atom is -0.346 e. The minimum absolute atomic E-state index is 0.258. The highest BCUT2D eigenvalue weighted by molar-refractivity contribution is 5.90. The van der Waals surface area contributed by atoms with Gasteiger partial charge in [-0.25, -0.2) is 15.0 Å². The summed E-state index contributed by atoms with van der Waals surface area (Å²) >= 11 is 0. The van der Waals surface area contributed by atoms with Gasteiger partial charge in [0.05, 0.1) is 17.3 Å². The number of aromatic amines is 1. The van der Waals surface area contributed by atoms with Crippen LogP contribution in [0.5, 0.6) is 0 Å². The zero-order valence-electron chi connectivity index (χ0n) is 15.4. The fourth-order valence-electron chi connectivity index (χ4n) is 3.69. The maximum absolute atomic E-state index is 4.75. The lowest BCUT2D eigenvalue weighted by Gasteiger charge is -2.25. The number of fused-ring (bicyclic) bond motifs is 1. The van der Waals surface area contributed by atoms with Gasteiger partial charge in [-0.2, -0.15) is 0 Å². The molecule has 1 aromatic carbocycles. The molecule has 130 valence electrons. The summed E-state index contributed by atoms with van der Waals surface area (Å²) in [4.78, 5) is 19.8. The van der Waals surface area contributed by atoms with E-state index in [9.17, 15) is 0 Å². The third kappa shape index (κ3) is 2.77. The Labute approximate surface area is 148 Å². The van der Waals surface area contributed by atoms with Crippen LogP contribution in [-0.2, 0) is 0 Å². The molecule has 1 fully saturated rings. The molecule has 1 unspecified atom stereocenters. The van der Waals surface area contributed by atoms with Crippen LogP contribution in [0.15, 0.2) is 24.5 Å². The second-order valence-corrected chi connectivity index (χ2v) is 7.31. The topological polar surface area (TPSA) is 57.7 Å². The number of aryl methyl sites for hydroxylation is 2. The van der Waals surface area contributed by atoms with Crippen molar-refractivity contribution in [3.8, 4) is 0 Å². The summed E-state index contributed by atoms with van der Waals surface area (Å²) in [6.07, 6.45) is 3.93. The molecule has 0 radical (unpaired) electrons. The summed E-state index contributed by atoms with van der Waals surface area (Å²) in [7, 11) is 0. The molecule has 1 aliphatic rings. The first kappa shape index (κ1) is 16.1. The zero-order valence-corrected chi connectivity index (χ0v) is 15.4. The van der Waals surface area contributed by atoms with E-state index in [1.54, 1.807) is 6.33 Å². The SMILES string of the molecule is Cc1nc(C2CCCN2c2ncnc3ccc(C(C)C)cc23)[nH]c1C. The van der Waals surface area contributed by atoms with Crippen LogP contribution >= 0.6 is 0 Å². The van der Waals surface area contributed by atoms with E-state index >= 15 is 0 Å². The average molecular weight is 335 g/mol. The number of aromatic nitrogens is 4. The number of imidazole rings is 1. The van der Waals surface area contributed by atoms with Gasteiger partial charge in [0.25, 0.3) is 0 Å². The van der Waals surface area contributed by atoms with Gasteiger partial charge in [0, 0.05) is 17.6 Å². The van der Waals surface area contributed by atoms with Gasteiger partial charge in [0.15, 0.2) is 0 Å². The Morgan fingerprint density at radius 3 is 2.76 bits per heavy atom. The number of hydrogen-bond donors (Lipinski definition) is 1. The molecule has 5 nitrogen and oxygen atoms in total. The molecule has 4 rings (SSSR count). The van der Waals surface area contributed by atoms with Gasteiger partial charge in [0.2, 0.25) is 0 Å². The van der Waals surface area contributed by atoms with Crippen LogP contribution in [0.2, 0.25) is 0 Å². The van der Waals surface area contributed by atoms with Crippen molar-refractivity contribution in [2.24, 2.45) is 0 Å². The van der Waals surface area contributed by atoms with Crippen LogP contribution in [0.4, 0.5) is 5.82 Å². The lowest BCUT2D eigenvalue weighted by Crippen LogP contribution is -2.24. The fraction of sp³-hybridized carbons (Fsp3) is 0.450. The monoisotopic (exact) mass is 335 g/mol. The third-order valence-corrected chi connectivity index (χ3v) is 5.29. The molecule has 3 heterocycles. The Morgan fingerprint density at radius 2 is 2.04 bits per heavy atom. The van der Waals surface area contributed by atoms with E-state index in [4.69, 9.17) is 4.98 Å². The Kier molecular flexibility index (Phi) is 3.94. The van der Waals surface area contributed by atoms with Crippen LogP contribution in [0.1, 0.15) is 61.4 Å². The molecule has 0 spiro atoms. The highest BCUT2D eigenvalue weighted by Crippen LogP contribution is 2.37. The van der Waals surface area contributed by atoms with E-state index in [-0.39, 0.29) is 6.04 Å². The van der Waals surface area contributed by atoms with Crippen molar-refractivity contribution in [2.75, 3.05) is 11.4 Å². The Bertz CT molecular complexity index is 892. The summed E-state index contributed by atoms with van der Waals surface area (Å²) < 4.78 is 0. The lowest BCUT2D eigenvalue weighted by molar-refractivity contribution is 0.669. The van der Waals surface area contributed by atoms with Gasteiger partial charge in [-0.1, -0.05) is 19.9 Å². The summed E-state index contributed by atoms with van der Waals surface area (Å²) in [6, 6.07) is 6.80. The summed E-state index contributed by atoms with van der Waals surface area (Å²) in [5.41, 5.74) is 4.56. The predicted octanol–water partition coefficient (Wildman–Crippen LogP) is 4.43. The average Bonchev–Trinajstić information content (AvgIpc) is 3.20. The first-order valence-electron chi connectivity index (χ1n) is 9.09. The maximum atomic E-state index is 4.75. The molecule has 0 bridgehead atoms. The van der Waals surface area contributed by atoms with Crippen LogP contribution in [0.3, 0.4) is 0 Å². The fourth-order valence-corrected chi connectivity index (χ4v) is 3.69. The molecular formula is C20H25N5. The number of nitrogens with one attached hydrogen (secondary N) is 1. The molecule has 1 N–H and O–H groups in total. The van der Waals surface area contributed by atoms with Gasteiger partial charge in [-0.3, -0.25) is 0 Å². The number of benzene rings is 1. The van der Waals surface area contributed by atoms with Crippen molar-refractivity contribution >= 4 is 16.7 Å². The van der Waals surface area contributed by atoms with Crippen molar-refractivity contribution < 1.29 is 0 Å². The number of H-pyrrole nitrogens is 1. The number of nitrogens with zero attached hydrogens (tertiary/aromatic N) is 4. The summed E-state index contributed by atoms with van der Waals surface area (Å²) in [6.45, 7) is 9.58. The van der Waals surface area contributed by atoms with Crippen LogP contribution in [0, 0.1) is 13.8 Å². The van der Waals surface area contributed by atoms with E-state index in [2.05, 4.69) is 65.7 Å². The lowest BCUT2D eigenvalue weighted by atomic mass is 10.0. The molecule has 1 aliphatic heterocycles. The second-order valence-electron chi connectivity index (χ2n) is 7.31. The quantitative estimate of drug-likeness (QED) is 0.769. The van der Waals surface area contributed by atoms with Crippen LogP contribution in [-0.4, -0.2) is 26.5 Å². The molecule has 1 saturated heterocycles. The van der Waals surface area contributed by atoms with Gasteiger partial charge < -0.3 is 9.88 Å². The van der Waals surface area contributed by atoms with Crippen molar-refractivity contribution in [1.29, 1.82) is 0 Å². The molecule has 0 amide bonds. The van der Waals surface area contributed by atoms with Gasteiger partial charge in [-0.05, 0) is 50.3 Å². The van der Waals surface area contributed by atoms with Crippen molar-refractivity contribution in [3.05, 3.63) is 47.3 Å². The molecule has 25 heavy (non-hydrogen) atoms. The largest absolute Gasteiger partial charge is 0.346 e. The molecular weight excluding hydrogens is 310 g/mol. The van der Waals surface area contributed by atoms with Gasteiger partial charge in [0.1, 0.15) is 18.0 Å². The normalized spacial score (nSPS) is 17.8. The number of anilines is 1. The van der Waals surface area contributed by atoms with E-state index in [1.165, 1.54) is 5.56 Å². The number of hydrogen-bond acceptors (Lipinski definition) is 4. The van der Waals surface area contributed by atoms with E-state index < -0.39 is 0 Å². The molecule has 0 aliphatic carbocycles. The molecule has 5 heteroatoms. The van der Waals surface area contributed by atoms with E-state index in [0.717, 1.165) is 53.3 Å².